The van der Waals surface area contributed by atoms with Crippen LogP contribution in [0, 0.1) is 5.82 Å². The molecule has 4 rings (SSSR count). The maximum Gasteiger partial charge on any atom is 0.162 e. The molecule has 0 unspecified atom stereocenters. The SMILES string of the molecule is COc1cc2ncc3cn(-c4cccc(F)c4)nc3c2cc1OC. The number of rotatable bonds is 3. The van der Waals surface area contributed by atoms with Crippen molar-refractivity contribution in [3.05, 3.63) is 54.6 Å². The molecule has 0 aliphatic heterocycles. The van der Waals surface area contributed by atoms with Crippen LogP contribution in [0.3, 0.4) is 0 Å². The Morgan fingerprint density at radius 2 is 1.83 bits per heavy atom. The molecule has 0 spiro atoms. The van der Waals surface area contributed by atoms with E-state index in [1.807, 2.05) is 18.3 Å². The van der Waals surface area contributed by atoms with Gasteiger partial charge in [0.1, 0.15) is 11.3 Å². The Hall–Kier alpha value is -3.15. The standard InChI is InChI=1S/C18H14FN3O2/c1-23-16-7-14-15(8-17(16)24-2)20-9-11-10-22(21-18(11)14)13-5-3-4-12(19)6-13/h3-10H,1-2H3. The normalized spacial score (nSPS) is 11.1. The highest BCUT2D eigenvalue weighted by molar-refractivity contribution is 6.04. The van der Waals surface area contributed by atoms with Gasteiger partial charge < -0.3 is 9.47 Å². The van der Waals surface area contributed by atoms with Crippen LogP contribution in [-0.4, -0.2) is 29.0 Å². The zero-order chi connectivity index (χ0) is 16.7. The van der Waals surface area contributed by atoms with Crippen molar-refractivity contribution in [2.45, 2.75) is 0 Å². The molecule has 2 aromatic heterocycles. The minimum atomic E-state index is -0.304. The second-order valence-corrected chi connectivity index (χ2v) is 5.34. The van der Waals surface area contributed by atoms with Gasteiger partial charge in [-0.1, -0.05) is 6.07 Å². The predicted molar refractivity (Wildman–Crippen MR) is 89.4 cm³/mol. The highest BCUT2D eigenvalue weighted by atomic mass is 19.1. The van der Waals surface area contributed by atoms with Crippen molar-refractivity contribution >= 4 is 21.8 Å². The molecular formula is C18H14FN3O2. The van der Waals surface area contributed by atoms with Crippen molar-refractivity contribution in [1.29, 1.82) is 0 Å². The zero-order valence-electron chi connectivity index (χ0n) is 13.2. The van der Waals surface area contributed by atoms with Gasteiger partial charge in [0, 0.05) is 29.2 Å². The van der Waals surface area contributed by atoms with Crippen molar-refractivity contribution in [1.82, 2.24) is 14.8 Å². The molecule has 0 fully saturated rings. The molecule has 0 N–H and O–H groups in total. The smallest absolute Gasteiger partial charge is 0.162 e. The number of halogens is 1. The predicted octanol–water partition coefficient (Wildman–Crippen LogP) is 3.73. The second kappa shape index (κ2) is 5.49. The first-order chi connectivity index (χ1) is 11.7. The van der Waals surface area contributed by atoms with Gasteiger partial charge in [0.15, 0.2) is 11.5 Å². The first kappa shape index (κ1) is 14.4. The Kier molecular flexibility index (Phi) is 3.30. The lowest BCUT2D eigenvalue weighted by atomic mass is 10.1. The van der Waals surface area contributed by atoms with Crippen LogP contribution in [0.2, 0.25) is 0 Å². The molecule has 0 bridgehead atoms. The summed E-state index contributed by atoms with van der Waals surface area (Å²) in [6, 6.07) is 9.96. The molecule has 4 aromatic rings. The Morgan fingerprint density at radius 1 is 1.04 bits per heavy atom. The van der Waals surface area contributed by atoms with E-state index in [4.69, 9.17) is 9.47 Å². The average molecular weight is 323 g/mol. The molecule has 0 amide bonds. The lowest BCUT2D eigenvalue weighted by Crippen LogP contribution is -1.95. The van der Waals surface area contributed by atoms with Crippen LogP contribution in [0.5, 0.6) is 11.5 Å². The topological polar surface area (TPSA) is 49.2 Å². The summed E-state index contributed by atoms with van der Waals surface area (Å²) in [4.78, 5) is 4.45. The molecule has 0 atom stereocenters. The fourth-order valence-electron chi connectivity index (χ4n) is 2.75. The maximum absolute atomic E-state index is 13.5. The molecular weight excluding hydrogens is 309 g/mol. The second-order valence-electron chi connectivity index (χ2n) is 5.34. The number of ether oxygens (including phenoxy) is 2. The van der Waals surface area contributed by atoms with E-state index in [0.29, 0.717) is 17.2 Å². The van der Waals surface area contributed by atoms with Gasteiger partial charge in [0.25, 0.3) is 0 Å². The van der Waals surface area contributed by atoms with Gasteiger partial charge in [-0.25, -0.2) is 9.07 Å². The average Bonchev–Trinajstić information content (AvgIpc) is 3.05. The molecule has 0 aliphatic rings. The van der Waals surface area contributed by atoms with E-state index in [1.54, 1.807) is 37.2 Å². The maximum atomic E-state index is 13.5. The Labute approximate surface area is 137 Å². The molecule has 0 radical (unpaired) electrons. The largest absolute Gasteiger partial charge is 0.493 e. The monoisotopic (exact) mass is 323 g/mol. The van der Waals surface area contributed by atoms with Gasteiger partial charge in [-0.15, -0.1) is 0 Å². The van der Waals surface area contributed by atoms with Crippen LogP contribution in [0.15, 0.2) is 48.8 Å². The van der Waals surface area contributed by atoms with Gasteiger partial charge in [0.05, 0.1) is 25.4 Å². The van der Waals surface area contributed by atoms with Gasteiger partial charge in [-0.2, -0.15) is 5.10 Å². The van der Waals surface area contributed by atoms with Crippen LogP contribution in [-0.2, 0) is 0 Å². The molecule has 6 heteroatoms. The van der Waals surface area contributed by atoms with Gasteiger partial charge in [0.2, 0.25) is 0 Å². The van der Waals surface area contributed by atoms with Crippen LogP contribution >= 0.6 is 0 Å². The Balaban J connectivity index is 1.97. The quantitative estimate of drug-likeness (QED) is 0.576. The summed E-state index contributed by atoms with van der Waals surface area (Å²) in [5.41, 5.74) is 2.18. The van der Waals surface area contributed by atoms with E-state index in [9.17, 15) is 4.39 Å². The molecule has 2 heterocycles. The van der Waals surface area contributed by atoms with Crippen molar-refractivity contribution in [2.75, 3.05) is 14.2 Å². The molecule has 5 nitrogen and oxygen atoms in total. The summed E-state index contributed by atoms with van der Waals surface area (Å²) < 4.78 is 25.8. The van der Waals surface area contributed by atoms with E-state index in [-0.39, 0.29) is 5.82 Å². The van der Waals surface area contributed by atoms with Gasteiger partial charge in [-0.05, 0) is 24.3 Å². The van der Waals surface area contributed by atoms with Gasteiger partial charge >= 0.3 is 0 Å². The summed E-state index contributed by atoms with van der Waals surface area (Å²) >= 11 is 0. The lowest BCUT2D eigenvalue weighted by Gasteiger charge is -2.08. The Morgan fingerprint density at radius 3 is 2.58 bits per heavy atom. The number of methoxy groups -OCH3 is 2. The summed E-state index contributed by atoms with van der Waals surface area (Å²) in [7, 11) is 3.17. The van der Waals surface area contributed by atoms with E-state index in [0.717, 1.165) is 21.8 Å². The number of aromatic nitrogens is 3. The fourth-order valence-corrected chi connectivity index (χ4v) is 2.75. The highest BCUT2D eigenvalue weighted by Gasteiger charge is 2.12. The molecule has 2 aromatic carbocycles. The third-order valence-corrected chi connectivity index (χ3v) is 3.92. The third kappa shape index (κ3) is 2.23. The summed E-state index contributed by atoms with van der Waals surface area (Å²) in [6.07, 6.45) is 3.57. The van der Waals surface area contributed by atoms with E-state index in [1.165, 1.54) is 12.1 Å². The molecule has 120 valence electrons. The molecule has 24 heavy (non-hydrogen) atoms. The number of benzene rings is 2. The first-order valence-corrected chi connectivity index (χ1v) is 7.35. The molecule has 0 aliphatic carbocycles. The van der Waals surface area contributed by atoms with Crippen LogP contribution in [0.4, 0.5) is 4.39 Å². The zero-order valence-corrected chi connectivity index (χ0v) is 13.2. The lowest BCUT2D eigenvalue weighted by molar-refractivity contribution is 0.356. The van der Waals surface area contributed by atoms with Crippen molar-refractivity contribution < 1.29 is 13.9 Å². The van der Waals surface area contributed by atoms with Crippen molar-refractivity contribution in [3.8, 4) is 17.2 Å². The van der Waals surface area contributed by atoms with E-state index >= 15 is 0 Å². The summed E-state index contributed by atoms with van der Waals surface area (Å²) in [5.74, 6) is 0.919. The van der Waals surface area contributed by atoms with E-state index in [2.05, 4.69) is 10.1 Å². The highest BCUT2D eigenvalue weighted by Crippen LogP contribution is 2.34. The number of hydrogen-bond acceptors (Lipinski definition) is 4. The van der Waals surface area contributed by atoms with Crippen LogP contribution in [0.1, 0.15) is 0 Å². The van der Waals surface area contributed by atoms with Crippen LogP contribution < -0.4 is 9.47 Å². The number of fused-ring (bicyclic) bond motifs is 3. The fraction of sp³-hybridized carbons (Fsp3) is 0.111. The molecule has 0 saturated carbocycles. The summed E-state index contributed by atoms with van der Waals surface area (Å²) in [5, 5.41) is 6.30. The number of hydrogen-bond donors (Lipinski definition) is 0. The molecule has 0 saturated heterocycles. The first-order valence-electron chi connectivity index (χ1n) is 7.35. The van der Waals surface area contributed by atoms with E-state index < -0.39 is 0 Å². The Bertz CT molecular complexity index is 1060. The number of nitrogens with zero attached hydrogens (tertiary/aromatic N) is 3. The van der Waals surface area contributed by atoms with Crippen LogP contribution in [0.25, 0.3) is 27.5 Å². The summed E-state index contributed by atoms with van der Waals surface area (Å²) in [6.45, 7) is 0. The third-order valence-electron chi connectivity index (χ3n) is 3.92. The van der Waals surface area contributed by atoms with Gasteiger partial charge in [-0.3, -0.25) is 4.98 Å². The van der Waals surface area contributed by atoms with Crippen molar-refractivity contribution in [2.24, 2.45) is 0 Å². The van der Waals surface area contributed by atoms with Crippen molar-refractivity contribution in [3.63, 3.8) is 0 Å². The minimum Gasteiger partial charge on any atom is -0.493 e. The number of pyridine rings is 1. The minimum absolute atomic E-state index is 0.304.